The predicted octanol–water partition coefficient (Wildman–Crippen LogP) is 2.11. The van der Waals surface area contributed by atoms with E-state index in [0.29, 0.717) is 24.6 Å². The van der Waals surface area contributed by atoms with Crippen molar-refractivity contribution in [3.8, 4) is 5.75 Å². The van der Waals surface area contributed by atoms with Gasteiger partial charge in [-0.1, -0.05) is 19.4 Å². The summed E-state index contributed by atoms with van der Waals surface area (Å²) < 4.78 is 32.4. The van der Waals surface area contributed by atoms with E-state index in [1.165, 1.54) is 6.07 Å². The first-order chi connectivity index (χ1) is 10.1. The van der Waals surface area contributed by atoms with Crippen molar-refractivity contribution in [3.05, 3.63) is 30.9 Å². The lowest BCUT2D eigenvalue weighted by molar-refractivity contribution is 0.308. The Labute approximate surface area is 125 Å². The number of nitrogens with one attached hydrogen (secondary N) is 2. The number of ether oxygens (including phenoxy) is 1. The Hall–Kier alpha value is -2.02. The molecule has 0 spiro atoms. The van der Waals surface area contributed by atoms with Crippen LogP contribution in [-0.4, -0.2) is 27.5 Å². The molecule has 0 unspecified atom stereocenters. The highest BCUT2D eigenvalue weighted by Gasteiger charge is 2.26. The monoisotopic (exact) mass is 309 g/mol. The fourth-order valence-corrected chi connectivity index (χ4v) is 2.98. The van der Waals surface area contributed by atoms with Crippen LogP contribution in [0, 0.1) is 0 Å². The molecule has 0 fully saturated rings. The molecule has 21 heavy (non-hydrogen) atoms. The van der Waals surface area contributed by atoms with Crippen molar-refractivity contribution in [2.45, 2.75) is 24.7 Å². The minimum Gasteiger partial charge on any atom is -0.494 e. The van der Waals surface area contributed by atoms with Crippen LogP contribution in [0.2, 0.25) is 0 Å². The molecule has 2 N–H and O–H groups in total. The van der Waals surface area contributed by atoms with Gasteiger partial charge in [0.25, 0.3) is 10.0 Å². The Balaban J connectivity index is 2.26. The van der Waals surface area contributed by atoms with Crippen molar-refractivity contribution < 1.29 is 13.2 Å². The minimum atomic E-state index is -3.63. The number of hydrogen-bond donors (Lipinski definition) is 2. The van der Waals surface area contributed by atoms with Gasteiger partial charge in [-0.3, -0.25) is 0 Å². The quantitative estimate of drug-likeness (QED) is 0.623. The van der Waals surface area contributed by atoms with Gasteiger partial charge in [0.1, 0.15) is 10.6 Å². The molecule has 1 aliphatic rings. The zero-order valence-corrected chi connectivity index (χ0v) is 12.7. The smallest absolute Gasteiger partial charge is 0.266 e. The lowest BCUT2D eigenvalue weighted by Crippen LogP contribution is -2.40. The highest BCUT2D eigenvalue weighted by atomic mass is 32.2. The average molecular weight is 309 g/mol. The lowest BCUT2D eigenvalue weighted by Gasteiger charge is -2.22. The molecule has 0 bridgehead atoms. The van der Waals surface area contributed by atoms with Crippen molar-refractivity contribution in [1.82, 2.24) is 4.72 Å². The van der Waals surface area contributed by atoms with Crippen LogP contribution in [0.4, 0.5) is 5.69 Å². The van der Waals surface area contributed by atoms with Crippen molar-refractivity contribution in [2.24, 2.45) is 4.99 Å². The van der Waals surface area contributed by atoms with E-state index in [-0.39, 0.29) is 10.9 Å². The molecule has 1 aliphatic heterocycles. The van der Waals surface area contributed by atoms with Gasteiger partial charge in [-0.25, -0.2) is 18.1 Å². The molecule has 0 saturated carbocycles. The van der Waals surface area contributed by atoms with Crippen molar-refractivity contribution in [1.29, 1.82) is 0 Å². The third kappa shape index (κ3) is 3.75. The van der Waals surface area contributed by atoms with Gasteiger partial charge in [0, 0.05) is 6.07 Å². The van der Waals surface area contributed by atoms with E-state index in [1.807, 2.05) is 0 Å². The minimum absolute atomic E-state index is 0.161. The molecule has 0 amide bonds. The van der Waals surface area contributed by atoms with Gasteiger partial charge < -0.3 is 10.1 Å². The Morgan fingerprint density at radius 1 is 1.43 bits per heavy atom. The first kappa shape index (κ1) is 15.4. The number of nitrogens with zero attached hydrogens (tertiary/aromatic N) is 1. The molecule has 2 rings (SSSR count). The first-order valence-electron chi connectivity index (χ1n) is 6.79. The van der Waals surface area contributed by atoms with Gasteiger partial charge >= 0.3 is 0 Å². The molecule has 0 atom stereocenters. The summed E-state index contributed by atoms with van der Waals surface area (Å²) in [6.07, 6.45) is 3.54. The Kier molecular flexibility index (Phi) is 4.85. The van der Waals surface area contributed by atoms with Crippen LogP contribution >= 0.6 is 0 Å². The Bertz CT molecular complexity index is 653. The first-order valence-corrected chi connectivity index (χ1v) is 8.27. The second-order valence-electron chi connectivity index (χ2n) is 4.57. The molecule has 0 saturated heterocycles. The second-order valence-corrected chi connectivity index (χ2v) is 6.22. The molecule has 1 heterocycles. The summed E-state index contributed by atoms with van der Waals surface area (Å²) in [5.74, 6) is 0.739. The van der Waals surface area contributed by atoms with E-state index in [1.54, 1.807) is 18.2 Å². The molecule has 0 radical (unpaired) electrons. The molecule has 1 aromatic rings. The number of guanidine groups is 1. The summed E-state index contributed by atoms with van der Waals surface area (Å²) in [5.41, 5.74) is 0.486. The van der Waals surface area contributed by atoms with Gasteiger partial charge in [0.05, 0.1) is 18.8 Å². The summed E-state index contributed by atoms with van der Waals surface area (Å²) >= 11 is 0. The van der Waals surface area contributed by atoms with E-state index >= 15 is 0 Å². The number of anilines is 1. The number of sulfonamides is 1. The van der Waals surface area contributed by atoms with Crippen LogP contribution in [0.25, 0.3) is 0 Å². The number of aliphatic imine (C=N–C) groups is 1. The van der Waals surface area contributed by atoms with Crippen LogP contribution in [0.3, 0.4) is 0 Å². The summed E-state index contributed by atoms with van der Waals surface area (Å²) in [7, 11) is -3.63. The van der Waals surface area contributed by atoms with E-state index in [2.05, 4.69) is 28.5 Å². The number of hydrogen-bond acceptors (Lipinski definition) is 4. The lowest BCUT2D eigenvalue weighted by atomic mass is 10.3. The van der Waals surface area contributed by atoms with E-state index < -0.39 is 10.0 Å². The standard InChI is InChI=1S/C14H19N3O3S/c1-3-5-9-20-11-6-7-12-13(10-11)21(18,19)17-14(16-12)15-8-4-2/h4,6-7,10H,2-3,5,8-9H2,1H3,(H2,15,16,17). The number of benzene rings is 1. The predicted molar refractivity (Wildman–Crippen MR) is 83.3 cm³/mol. The molecular formula is C14H19N3O3S. The Morgan fingerprint density at radius 2 is 2.24 bits per heavy atom. The number of rotatable bonds is 6. The normalized spacial score (nSPS) is 17.5. The zero-order chi connectivity index (χ0) is 15.3. The summed E-state index contributed by atoms with van der Waals surface area (Å²) in [6, 6.07) is 4.94. The zero-order valence-electron chi connectivity index (χ0n) is 11.9. The largest absolute Gasteiger partial charge is 0.494 e. The van der Waals surface area contributed by atoms with Crippen molar-refractivity contribution in [3.63, 3.8) is 0 Å². The van der Waals surface area contributed by atoms with E-state index in [9.17, 15) is 8.42 Å². The maximum atomic E-state index is 12.2. The third-order valence-corrected chi connectivity index (χ3v) is 4.25. The van der Waals surface area contributed by atoms with Gasteiger partial charge in [-0.15, -0.1) is 6.58 Å². The van der Waals surface area contributed by atoms with E-state index in [4.69, 9.17) is 4.74 Å². The van der Waals surface area contributed by atoms with Crippen LogP contribution in [0.1, 0.15) is 19.8 Å². The molecule has 7 heteroatoms. The average Bonchev–Trinajstić information content (AvgIpc) is 2.45. The van der Waals surface area contributed by atoms with Gasteiger partial charge in [-0.2, -0.15) is 0 Å². The van der Waals surface area contributed by atoms with Crippen LogP contribution in [0.5, 0.6) is 5.75 Å². The second kappa shape index (κ2) is 6.62. The maximum absolute atomic E-state index is 12.2. The molecule has 0 aromatic heterocycles. The number of unbranched alkanes of at least 4 members (excludes halogenated alkanes) is 1. The van der Waals surface area contributed by atoms with Crippen LogP contribution in [-0.2, 0) is 10.0 Å². The van der Waals surface area contributed by atoms with Gasteiger partial charge in [0.2, 0.25) is 5.96 Å². The highest BCUT2D eigenvalue weighted by molar-refractivity contribution is 7.90. The fraction of sp³-hybridized carbons (Fsp3) is 0.357. The topological polar surface area (TPSA) is 79.8 Å². The van der Waals surface area contributed by atoms with Crippen LogP contribution in [0.15, 0.2) is 40.7 Å². The van der Waals surface area contributed by atoms with Crippen LogP contribution < -0.4 is 14.8 Å². The summed E-state index contributed by atoms with van der Waals surface area (Å²) in [5, 5.41) is 2.94. The summed E-state index contributed by atoms with van der Waals surface area (Å²) in [6.45, 7) is 6.52. The molecular weight excluding hydrogens is 290 g/mol. The fourth-order valence-electron chi connectivity index (χ4n) is 1.82. The molecule has 1 aromatic carbocycles. The maximum Gasteiger partial charge on any atom is 0.266 e. The number of fused-ring (bicyclic) bond motifs is 1. The molecule has 0 aliphatic carbocycles. The van der Waals surface area contributed by atoms with Gasteiger partial charge in [0.15, 0.2) is 0 Å². The van der Waals surface area contributed by atoms with Gasteiger partial charge in [-0.05, 0) is 18.6 Å². The van der Waals surface area contributed by atoms with Crippen molar-refractivity contribution >= 4 is 21.7 Å². The van der Waals surface area contributed by atoms with E-state index in [0.717, 1.165) is 12.8 Å². The molecule has 114 valence electrons. The highest BCUT2D eigenvalue weighted by Crippen LogP contribution is 2.29. The summed E-state index contributed by atoms with van der Waals surface area (Å²) in [4.78, 5) is 4.21. The SMILES string of the molecule is C=CCN=C1Nc2ccc(OCCCC)cc2S(=O)(=O)N1. The molecule has 6 nitrogen and oxygen atoms in total. The third-order valence-electron chi connectivity index (χ3n) is 2.87. The van der Waals surface area contributed by atoms with Crippen molar-refractivity contribution in [2.75, 3.05) is 18.5 Å². The Morgan fingerprint density at radius 3 is 2.95 bits per heavy atom.